The largest absolute Gasteiger partial charge is 0.495 e. The Bertz CT molecular complexity index is 763. The summed E-state index contributed by atoms with van der Waals surface area (Å²) in [5.41, 5.74) is 0.181. The first kappa shape index (κ1) is 23.7. The summed E-state index contributed by atoms with van der Waals surface area (Å²) in [6, 6.07) is 2.89. The monoisotopic (exact) mass is 438 g/mol. The molecule has 0 aliphatic carbocycles. The number of benzene rings is 1. The van der Waals surface area contributed by atoms with Gasteiger partial charge in [0.2, 0.25) is 15.9 Å². The number of amides is 1. The van der Waals surface area contributed by atoms with Gasteiger partial charge in [0.25, 0.3) is 0 Å². The number of carbonyl (C=O) groups is 1. The third-order valence-electron chi connectivity index (χ3n) is 3.37. The Morgan fingerprint density at radius 2 is 1.81 bits per heavy atom. The van der Waals surface area contributed by atoms with Crippen LogP contribution in [0.25, 0.3) is 0 Å². The lowest BCUT2D eigenvalue weighted by Gasteiger charge is -2.24. The maximum atomic E-state index is 12.3. The van der Waals surface area contributed by atoms with E-state index in [-0.39, 0.29) is 33.5 Å². The molecule has 0 radical (unpaired) electrons. The average Bonchev–Trinajstić information content (AvgIpc) is 2.54. The second-order valence-corrected chi connectivity index (χ2v) is 11.0. The van der Waals surface area contributed by atoms with Gasteiger partial charge in [-0.3, -0.25) is 9.10 Å². The Morgan fingerprint density at radius 3 is 2.30 bits per heavy atom. The minimum absolute atomic E-state index is 0.0940. The van der Waals surface area contributed by atoms with Crippen LogP contribution in [0.15, 0.2) is 12.1 Å². The van der Waals surface area contributed by atoms with Gasteiger partial charge in [-0.15, -0.1) is 0 Å². The fourth-order valence-electron chi connectivity index (χ4n) is 2.15. The van der Waals surface area contributed by atoms with E-state index in [1.165, 1.54) is 26.4 Å². The summed E-state index contributed by atoms with van der Waals surface area (Å²) in [4.78, 5) is 12.3. The Morgan fingerprint density at radius 1 is 1.22 bits per heavy atom. The summed E-state index contributed by atoms with van der Waals surface area (Å²) in [6.45, 7) is 6.33. The number of carbonyl (C=O) groups excluding carboxylic acids is 1. The molecular weight excluding hydrogens is 412 g/mol. The van der Waals surface area contributed by atoms with Crippen molar-refractivity contribution in [1.82, 2.24) is 5.32 Å². The molecule has 0 spiro atoms. The summed E-state index contributed by atoms with van der Waals surface area (Å²) in [7, 11) is -0.935. The molecule has 1 amide bonds. The van der Waals surface area contributed by atoms with E-state index in [1.54, 1.807) is 11.8 Å². The first-order valence-corrected chi connectivity index (χ1v) is 11.4. The first-order valence-electron chi connectivity index (χ1n) is 8.19. The van der Waals surface area contributed by atoms with Crippen molar-refractivity contribution in [3.05, 3.63) is 17.2 Å². The molecule has 1 N–H and O–H groups in total. The van der Waals surface area contributed by atoms with Crippen molar-refractivity contribution in [1.29, 1.82) is 0 Å². The van der Waals surface area contributed by atoms with Crippen molar-refractivity contribution >= 4 is 45.0 Å². The van der Waals surface area contributed by atoms with E-state index in [2.05, 4.69) is 26.1 Å². The second kappa shape index (κ2) is 9.75. The van der Waals surface area contributed by atoms with E-state index in [0.29, 0.717) is 6.54 Å². The number of methoxy groups -OCH3 is 2. The lowest BCUT2D eigenvalue weighted by Crippen LogP contribution is -2.41. The van der Waals surface area contributed by atoms with E-state index >= 15 is 0 Å². The number of nitrogens with one attached hydrogen (secondary N) is 1. The van der Waals surface area contributed by atoms with Gasteiger partial charge in [0.05, 0.1) is 31.2 Å². The van der Waals surface area contributed by atoms with Gasteiger partial charge in [-0.2, -0.15) is 11.8 Å². The van der Waals surface area contributed by atoms with Crippen molar-refractivity contribution in [2.75, 3.05) is 43.6 Å². The number of halogens is 1. The molecule has 0 aliphatic rings. The predicted molar refractivity (Wildman–Crippen MR) is 112 cm³/mol. The van der Waals surface area contributed by atoms with Gasteiger partial charge in [-0.05, 0) is 0 Å². The minimum Gasteiger partial charge on any atom is -0.495 e. The van der Waals surface area contributed by atoms with Crippen LogP contribution >= 0.6 is 23.4 Å². The molecule has 0 fully saturated rings. The zero-order valence-electron chi connectivity index (χ0n) is 16.5. The summed E-state index contributed by atoms with van der Waals surface area (Å²) in [5.74, 6) is 0.822. The van der Waals surface area contributed by atoms with Crippen molar-refractivity contribution in [3.63, 3.8) is 0 Å². The molecule has 0 aliphatic heterocycles. The molecule has 0 saturated carbocycles. The van der Waals surface area contributed by atoms with E-state index in [0.717, 1.165) is 16.3 Å². The zero-order valence-corrected chi connectivity index (χ0v) is 18.8. The van der Waals surface area contributed by atoms with Crippen LogP contribution in [-0.4, -0.2) is 58.4 Å². The predicted octanol–water partition coefficient (Wildman–Crippen LogP) is 2.77. The smallest absolute Gasteiger partial charge is 0.240 e. The molecule has 0 bridgehead atoms. The molecule has 1 aromatic carbocycles. The topological polar surface area (TPSA) is 84.9 Å². The van der Waals surface area contributed by atoms with Gasteiger partial charge >= 0.3 is 0 Å². The highest BCUT2D eigenvalue weighted by atomic mass is 35.5. The van der Waals surface area contributed by atoms with Gasteiger partial charge in [-0.25, -0.2) is 8.42 Å². The van der Waals surface area contributed by atoms with Crippen LogP contribution < -0.4 is 19.1 Å². The van der Waals surface area contributed by atoms with Crippen LogP contribution in [-0.2, 0) is 14.8 Å². The highest BCUT2D eigenvalue weighted by Gasteiger charge is 2.25. The first-order chi connectivity index (χ1) is 12.4. The zero-order chi connectivity index (χ0) is 20.8. The van der Waals surface area contributed by atoms with Crippen molar-refractivity contribution in [2.45, 2.75) is 25.5 Å². The molecule has 1 rings (SSSR count). The third kappa shape index (κ3) is 7.67. The Balaban J connectivity index is 3.00. The van der Waals surface area contributed by atoms with Gasteiger partial charge < -0.3 is 14.8 Å². The van der Waals surface area contributed by atoms with E-state index in [9.17, 15) is 13.2 Å². The number of ether oxygens (including phenoxy) is 2. The highest BCUT2D eigenvalue weighted by Crippen LogP contribution is 2.38. The Hall–Kier alpha value is -1.32. The number of nitrogens with zero attached hydrogens (tertiary/aromatic N) is 1. The molecule has 154 valence electrons. The number of hydrogen-bond donors (Lipinski definition) is 1. The fraction of sp³-hybridized carbons (Fsp3) is 0.588. The number of anilines is 1. The molecule has 0 aromatic heterocycles. The van der Waals surface area contributed by atoms with E-state index < -0.39 is 15.9 Å². The van der Waals surface area contributed by atoms with Gasteiger partial charge in [0, 0.05) is 29.2 Å². The van der Waals surface area contributed by atoms with Gasteiger partial charge in [0.1, 0.15) is 18.0 Å². The molecule has 0 unspecified atom stereocenters. The maximum Gasteiger partial charge on any atom is 0.240 e. The molecule has 0 atom stereocenters. The van der Waals surface area contributed by atoms with Crippen LogP contribution in [0, 0.1) is 0 Å². The summed E-state index contributed by atoms with van der Waals surface area (Å²) in [5, 5.41) is 3.01. The highest BCUT2D eigenvalue weighted by molar-refractivity contribution is 8.00. The number of rotatable bonds is 9. The Labute approximate surface area is 170 Å². The second-order valence-electron chi connectivity index (χ2n) is 6.74. The fourth-order valence-corrected chi connectivity index (χ4v) is 4.05. The molecule has 7 nitrogen and oxygen atoms in total. The summed E-state index contributed by atoms with van der Waals surface area (Å²) < 4.78 is 36.0. The van der Waals surface area contributed by atoms with E-state index in [4.69, 9.17) is 21.1 Å². The lowest BCUT2D eigenvalue weighted by atomic mass is 10.2. The molecule has 27 heavy (non-hydrogen) atoms. The molecule has 0 saturated heterocycles. The average molecular weight is 439 g/mol. The van der Waals surface area contributed by atoms with Crippen LogP contribution in [0.4, 0.5) is 5.69 Å². The summed E-state index contributed by atoms with van der Waals surface area (Å²) in [6.07, 6.45) is 1.02. The van der Waals surface area contributed by atoms with Crippen LogP contribution in [0.3, 0.4) is 0 Å². The van der Waals surface area contributed by atoms with Crippen LogP contribution in [0.2, 0.25) is 5.02 Å². The molecule has 0 heterocycles. The number of sulfonamides is 1. The summed E-state index contributed by atoms with van der Waals surface area (Å²) >= 11 is 7.78. The van der Waals surface area contributed by atoms with Crippen molar-refractivity contribution in [3.8, 4) is 11.5 Å². The van der Waals surface area contributed by atoms with E-state index in [1.807, 2.05) is 0 Å². The number of hydrogen-bond acceptors (Lipinski definition) is 6. The van der Waals surface area contributed by atoms with Crippen LogP contribution in [0.5, 0.6) is 11.5 Å². The van der Waals surface area contributed by atoms with Crippen molar-refractivity contribution < 1.29 is 22.7 Å². The molecular formula is C17H27ClN2O5S2. The third-order valence-corrected chi connectivity index (χ3v) is 6.06. The molecule has 1 aromatic rings. The lowest BCUT2D eigenvalue weighted by molar-refractivity contribution is -0.119. The minimum atomic E-state index is -3.75. The normalized spacial score (nSPS) is 11.8. The number of thioether (sulfide) groups is 1. The molecule has 10 heteroatoms. The van der Waals surface area contributed by atoms with Gasteiger partial charge in [-0.1, -0.05) is 32.4 Å². The SMILES string of the molecule is COc1cc(N(CC(=O)NCCSC(C)(C)C)S(C)(=O)=O)c(OC)cc1Cl. The van der Waals surface area contributed by atoms with Crippen molar-refractivity contribution in [2.24, 2.45) is 0 Å². The maximum absolute atomic E-state index is 12.3. The Kier molecular flexibility index (Phi) is 8.56. The standard InChI is InChI=1S/C17H27ClN2O5S2/c1-17(2,3)26-8-7-19-16(21)11-20(27(6,22)23)13-10-14(24-4)12(18)9-15(13)25-5/h9-10H,7-8,11H2,1-6H3,(H,19,21). The van der Waals surface area contributed by atoms with Gasteiger partial charge in [0.15, 0.2) is 0 Å². The quantitative estimate of drug-likeness (QED) is 0.597. The van der Waals surface area contributed by atoms with Crippen LogP contribution in [0.1, 0.15) is 20.8 Å².